The molecule has 0 saturated heterocycles. The molecule has 0 aromatic heterocycles. The Labute approximate surface area is 119 Å². The summed E-state index contributed by atoms with van der Waals surface area (Å²) >= 11 is 0. The Morgan fingerprint density at radius 2 is 1.57 bits per heavy atom. The molecule has 0 saturated carbocycles. The van der Waals surface area contributed by atoms with E-state index in [0.717, 1.165) is 0 Å². The molecule has 0 atom stereocenters. The molecule has 0 unspecified atom stereocenters. The maximum absolute atomic E-state index is 11.8. The van der Waals surface area contributed by atoms with Crippen LogP contribution in [0.5, 0.6) is 0 Å². The van der Waals surface area contributed by atoms with Crippen molar-refractivity contribution in [2.45, 2.75) is 0 Å². The van der Waals surface area contributed by atoms with Gasteiger partial charge in [0.25, 0.3) is 5.69 Å². The van der Waals surface area contributed by atoms with Crippen LogP contribution in [0.2, 0.25) is 0 Å². The van der Waals surface area contributed by atoms with Gasteiger partial charge in [-0.25, -0.2) is 9.59 Å². The summed E-state index contributed by atoms with van der Waals surface area (Å²) in [7, 11) is 2.39. The lowest BCUT2D eigenvalue weighted by Gasteiger charge is -2.09. The fourth-order valence-corrected chi connectivity index (χ4v) is 2.11. The Kier molecular flexibility index (Phi) is 3.84. The highest BCUT2D eigenvalue weighted by atomic mass is 16.6. The monoisotopic (exact) mass is 289 g/mol. The van der Waals surface area contributed by atoms with Crippen LogP contribution in [-0.4, -0.2) is 31.1 Å². The van der Waals surface area contributed by atoms with Crippen molar-refractivity contribution in [1.29, 1.82) is 0 Å². The van der Waals surface area contributed by atoms with Crippen LogP contribution in [0.3, 0.4) is 0 Å². The summed E-state index contributed by atoms with van der Waals surface area (Å²) in [6, 6.07) is 6.91. The van der Waals surface area contributed by atoms with Crippen molar-refractivity contribution in [3.63, 3.8) is 0 Å². The van der Waals surface area contributed by atoms with Gasteiger partial charge in [-0.3, -0.25) is 10.1 Å². The molecule has 0 aliphatic heterocycles. The number of methoxy groups -OCH3 is 2. The third-order valence-corrected chi connectivity index (χ3v) is 3.03. The lowest BCUT2D eigenvalue weighted by Crippen LogP contribution is -2.08. The molecule has 7 heteroatoms. The van der Waals surface area contributed by atoms with Gasteiger partial charge in [0.05, 0.1) is 35.7 Å². The summed E-state index contributed by atoms with van der Waals surface area (Å²) in [4.78, 5) is 34.1. The van der Waals surface area contributed by atoms with Crippen molar-refractivity contribution in [1.82, 2.24) is 0 Å². The first-order valence-corrected chi connectivity index (χ1v) is 5.88. The molecule has 0 spiro atoms. The van der Waals surface area contributed by atoms with Gasteiger partial charge in [0.1, 0.15) is 0 Å². The number of benzene rings is 2. The zero-order valence-electron chi connectivity index (χ0n) is 11.3. The Hall–Kier alpha value is -2.96. The Morgan fingerprint density at radius 3 is 2.14 bits per heavy atom. The van der Waals surface area contributed by atoms with Gasteiger partial charge >= 0.3 is 11.9 Å². The first-order chi connectivity index (χ1) is 10.0. The molecule has 0 radical (unpaired) electrons. The average Bonchev–Trinajstić information content (AvgIpc) is 2.51. The molecule has 0 aliphatic rings. The fourth-order valence-electron chi connectivity index (χ4n) is 2.11. The van der Waals surface area contributed by atoms with Gasteiger partial charge in [0, 0.05) is 11.5 Å². The summed E-state index contributed by atoms with van der Waals surface area (Å²) in [5.41, 5.74) is -0.116. The average molecular weight is 289 g/mol. The van der Waals surface area contributed by atoms with E-state index in [9.17, 15) is 19.7 Å². The molecule has 0 N–H and O–H groups in total. The topological polar surface area (TPSA) is 95.7 Å². The van der Waals surface area contributed by atoms with Crippen LogP contribution >= 0.6 is 0 Å². The molecule has 21 heavy (non-hydrogen) atoms. The number of nitro benzene ring substituents is 1. The predicted molar refractivity (Wildman–Crippen MR) is 73.3 cm³/mol. The van der Waals surface area contributed by atoms with Gasteiger partial charge in [-0.05, 0) is 12.1 Å². The second kappa shape index (κ2) is 5.58. The van der Waals surface area contributed by atoms with E-state index in [1.165, 1.54) is 44.6 Å². The zero-order chi connectivity index (χ0) is 15.6. The molecule has 108 valence electrons. The zero-order valence-corrected chi connectivity index (χ0v) is 11.3. The maximum Gasteiger partial charge on any atom is 0.338 e. The molecule has 2 aromatic carbocycles. The van der Waals surface area contributed by atoms with Crippen molar-refractivity contribution in [3.05, 3.63) is 51.6 Å². The van der Waals surface area contributed by atoms with E-state index in [1.54, 1.807) is 0 Å². The number of nitro groups is 1. The standard InChI is InChI=1S/C14H11NO6/c1-20-13(16)9-6-7-10(14(17)21-2)12-8(9)4-3-5-11(12)15(18)19/h3-7H,1-2H3. The summed E-state index contributed by atoms with van der Waals surface area (Å²) in [5, 5.41) is 11.5. The highest BCUT2D eigenvalue weighted by Crippen LogP contribution is 2.32. The molecule has 0 heterocycles. The van der Waals surface area contributed by atoms with Gasteiger partial charge in [-0.2, -0.15) is 0 Å². The van der Waals surface area contributed by atoms with Crippen molar-refractivity contribution < 1.29 is 24.0 Å². The van der Waals surface area contributed by atoms with Crippen molar-refractivity contribution >= 4 is 28.4 Å². The maximum atomic E-state index is 11.8. The fraction of sp³-hybridized carbons (Fsp3) is 0.143. The van der Waals surface area contributed by atoms with Gasteiger partial charge in [0.15, 0.2) is 0 Å². The van der Waals surface area contributed by atoms with Gasteiger partial charge < -0.3 is 9.47 Å². The first-order valence-electron chi connectivity index (χ1n) is 5.88. The van der Waals surface area contributed by atoms with E-state index in [1.807, 2.05) is 0 Å². The molecule has 2 aromatic rings. The highest BCUT2D eigenvalue weighted by molar-refractivity contribution is 6.14. The molecule has 7 nitrogen and oxygen atoms in total. The number of esters is 2. The molecular weight excluding hydrogens is 278 g/mol. The van der Waals surface area contributed by atoms with E-state index >= 15 is 0 Å². The van der Waals surface area contributed by atoms with E-state index in [4.69, 9.17) is 0 Å². The number of nitrogens with zero attached hydrogens (tertiary/aromatic N) is 1. The minimum Gasteiger partial charge on any atom is -0.465 e. The largest absolute Gasteiger partial charge is 0.465 e. The molecule has 0 bridgehead atoms. The SMILES string of the molecule is COC(=O)c1ccc(C(=O)OC)c2c([N+](=O)[O-])cccc12. The second-order valence-corrected chi connectivity index (χ2v) is 4.10. The van der Waals surface area contributed by atoms with E-state index in [2.05, 4.69) is 9.47 Å². The van der Waals surface area contributed by atoms with Crippen molar-refractivity contribution in [3.8, 4) is 0 Å². The second-order valence-electron chi connectivity index (χ2n) is 4.10. The van der Waals surface area contributed by atoms with Crippen LogP contribution in [0.4, 0.5) is 5.69 Å². The Bertz CT molecular complexity index is 752. The number of carbonyl (C=O) groups is 2. The molecule has 0 aliphatic carbocycles. The smallest absolute Gasteiger partial charge is 0.338 e. The first kappa shape index (κ1) is 14.4. The number of hydrogen-bond acceptors (Lipinski definition) is 6. The Balaban J connectivity index is 2.92. The number of carbonyl (C=O) groups excluding carboxylic acids is 2. The third-order valence-electron chi connectivity index (χ3n) is 3.03. The normalized spacial score (nSPS) is 10.2. The van der Waals surface area contributed by atoms with Gasteiger partial charge in [-0.1, -0.05) is 12.1 Å². The van der Waals surface area contributed by atoms with Crippen molar-refractivity contribution in [2.75, 3.05) is 14.2 Å². The number of fused-ring (bicyclic) bond motifs is 1. The predicted octanol–water partition coefficient (Wildman–Crippen LogP) is 2.32. The van der Waals surface area contributed by atoms with Crippen LogP contribution in [-0.2, 0) is 9.47 Å². The number of rotatable bonds is 3. The highest BCUT2D eigenvalue weighted by Gasteiger charge is 2.23. The third kappa shape index (κ3) is 2.40. The summed E-state index contributed by atoms with van der Waals surface area (Å²) < 4.78 is 9.27. The van der Waals surface area contributed by atoms with Crippen LogP contribution in [0.15, 0.2) is 30.3 Å². The van der Waals surface area contributed by atoms with Gasteiger partial charge in [-0.15, -0.1) is 0 Å². The van der Waals surface area contributed by atoms with E-state index in [-0.39, 0.29) is 27.6 Å². The van der Waals surface area contributed by atoms with Crippen LogP contribution in [0, 0.1) is 10.1 Å². The summed E-state index contributed by atoms with van der Waals surface area (Å²) in [6.07, 6.45) is 0. The van der Waals surface area contributed by atoms with Crippen LogP contribution in [0.1, 0.15) is 20.7 Å². The molecule has 2 rings (SSSR count). The molecule has 0 fully saturated rings. The quantitative estimate of drug-likeness (QED) is 0.489. The molecular formula is C14H11NO6. The summed E-state index contributed by atoms with van der Waals surface area (Å²) in [6.45, 7) is 0. The van der Waals surface area contributed by atoms with E-state index in [0.29, 0.717) is 0 Å². The minimum atomic E-state index is -0.717. The minimum absolute atomic E-state index is 0.0208. The van der Waals surface area contributed by atoms with Crippen molar-refractivity contribution in [2.24, 2.45) is 0 Å². The number of non-ortho nitro benzene ring substituents is 1. The molecule has 0 amide bonds. The lowest BCUT2D eigenvalue weighted by molar-refractivity contribution is -0.383. The summed E-state index contributed by atoms with van der Waals surface area (Å²) in [5.74, 6) is -1.36. The van der Waals surface area contributed by atoms with Crippen LogP contribution in [0.25, 0.3) is 10.8 Å². The van der Waals surface area contributed by atoms with E-state index < -0.39 is 16.9 Å². The van der Waals surface area contributed by atoms with Crippen LogP contribution < -0.4 is 0 Å². The number of hydrogen-bond donors (Lipinski definition) is 0. The van der Waals surface area contributed by atoms with Gasteiger partial charge in [0.2, 0.25) is 0 Å². The lowest BCUT2D eigenvalue weighted by atomic mass is 9.98. The number of ether oxygens (including phenoxy) is 2. The Morgan fingerprint density at radius 1 is 1.00 bits per heavy atom.